The Balaban J connectivity index is 2.51. The van der Waals surface area contributed by atoms with E-state index in [1.54, 1.807) is 31.2 Å². The number of nitrogens with zero attached hydrogens (tertiary/aromatic N) is 1. The molecule has 8 heteroatoms. The average molecular weight is 348 g/mol. The van der Waals surface area contributed by atoms with E-state index in [1.807, 2.05) is 0 Å². The number of imide groups is 1. The number of fused-ring (bicyclic) bond motifs is 1. The first-order chi connectivity index (χ1) is 11.7. The molecule has 0 fully saturated rings. The van der Waals surface area contributed by atoms with Crippen molar-refractivity contribution in [1.29, 1.82) is 0 Å². The number of quaternary nitrogens is 1. The summed E-state index contributed by atoms with van der Waals surface area (Å²) in [6.07, 6.45) is -0.0748. The van der Waals surface area contributed by atoms with E-state index >= 15 is 0 Å². The molecule has 1 aromatic rings. The third-order valence-corrected chi connectivity index (χ3v) is 4.16. The lowest BCUT2D eigenvalue weighted by Crippen LogP contribution is -2.59. The molecular weight excluding hydrogens is 326 g/mol. The fourth-order valence-electron chi connectivity index (χ4n) is 3.03. The van der Waals surface area contributed by atoms with Gasteiger partial charge in [-0.3, -0.25) is 4.79 Å². The van der Waals surface area contributed by atoms with Crippen molar-refractivity contribution < 1.29 is 24.6 Å². The van der Waals surface area contributed by atoms with Crippen molar-refractivity contribution >= 4 is 29.2 Å². The van der Waals surface area contributed by atoms with Gasteiger partial charge >= 0.3 is 18.0 Å². The van der Waals surface area contributed by atoms with Crippen molar-refractivity contribution in [3.05, 3.63) is 36.0 Å². The maximum absolute atomic E-state index is 12.9. The number of carbonyl (C=O) groups is 3. The topological polar surface area (TPSA) is 144 Å². The van der Waals surface area contributed by atoms with Crippen LogP contribution in [-0.2, 0) is 9.59 Å². The summed E-state index contributed by atoms with van der Waals surface area (Å²) >= 11 is 0. The highest BCUT2D eigenvalue weighted by atomic mass is 16.4. The zero-order valence-corrected chi connectivity index (χ0v) is 13.9. The monoisotopic (exact) mass is 348 g/mol. The lowest BCUT2D eigenvalue weighted by atomic mass is 10.0. The summed E-state index contributed by atoms with van der Waals surface area (Å²) in [5.74, 6) is -1.87. The summed E-state index contributed by atoms with van der Waals surface area (Å²) < 4.78 is -1.07. The van der Waals surface area contributed by atoms with Gasteiger partial charge in [-0.2, -0.15) is 4.79 Å². The molecule has 2 rings (SSSR count). The molecule has 0 radical (unpaired) electrons. The highest BCUT2D eigenvalue weighted by molar-refractivity contribution is 6.14. The van der Waals surface area contributed by atoms with Gasteiger partial charge in [0.25, 0.3) is 0 Å². The highest BCUT2D eigenvalue weighted by Crippen LogP contribution is 2.43. The molecule has 3 atom stereocenters. The number of aliphatic carboxylic acids is 1. The Morgan fingerprint density at radius 3 is 2.36 bits per heavy atom. The predicted molar refractivity (Wildman–Crippen MR) is 92.4 cm³/mol. The van der Waals surface area contributed by atoms with E-state index in [2.05, 4.69) is 0 Å². The first-order valence-electron chi connectivity index (χ1n) is 7.91. The van der Waals surface area contributed by atoms with E-state index in [4.69, 9.17) is 16.6 Å². The number of para-hydroxylation sites is 1. The average Bonchev–Trinajstić information content (AvgIpc) is 2.87. The molecule has 0 bridgehead atoms. The molecule has 134 valence electrons. The van der Waals surface area contributed by atoms with Crippen LogP contribution in [-0.4, -0.2) is 40.3 Å². The Morgan fingerprint density at radius 1 is 1.16 bits per heavy atom. The van der Waals surface area contributed by atoms with Crippen molar-refractivity contribution in [2.75, 3.05) is 0 Å². The van der Waals surface area contributed by atoms with Gasteiger partial charge in [-0.15, -0.1) is 0 Å². The fourth-order valence-corrected chi connectivity index (χ4v) is 3.03. The van der Waals surface area contributed by atoms with Gasteiger partial charge in [0.05, 0.1) is 0 Å². The van der Waals surface area contributed by atoms with Crippen LogP contribution in [0.25, 0.3) is 5.57 Å². The zero-order valence-electron chi connectivity index (χ0n) is 13.9. The van der Waals surface area contributed by atoms with Crippen LogP contribution < -0.4 is 16.0 Å². The summed E-state index contributed by atoms with van der Waals surface area (Å²) in [5, 5.41) is 18.6. The first-order valence-corrected chi connectivity index (χ1v) is 7.91. The molecule has 1 heterocycles. The van der Waals surface area contributed by atoms with Gasteiger partial charge in [0.15, 0.2) is 5.69 Å². The molecule has 0 spiro atoms. The molecular formula is C17H22N3O5+. The van der Waals surface area contributed by atoms with Gasteiger partial charge in [-0.1, -0.05) is 16.6 Å². The molecule has 2 amide bonds. The predicted octanol–water partition coefficient (Wildman–Crippen LogP) is 1.48. The number of hydrogen-bond acceptors (Lipinski definition) is 5. The Morgan fingerprint density at radius 2 is 1.80 bits per heavy atom. The molecule has 1 unspecified atom stereocenters. The molecule has 0 aliphatic carbocycles. The minimum Gasteiger partial charge on any atom is -0.481 e. The zero-order chi connectivity index (χ0) is 18.8. The quantitative estimate of drug-likeness (QED) is 0.570. The fraction of sp³-hybridized carbons (Fsp3) is 0.353. The van der Waals surface area contributed by atoms with Gasteiger partial charge < -0.3 is 21.7 Å². The van der Waals surface area contributed by atoms with Crippen LogP contribution in [0.4, 0.5) is 10.5 Å². The van der Waals surface area contributed by atoms with Gasteiger partial charge in [0.2, 0.25) is 0 Å². The normalized spacial score (nSPS) is 21.2. The minimum absolute atomic E-state index is 0.139. The molecule has 0 saturated carbocycles. The van der Waals surface area contributed by atoms with E-state index in [1.165, 1.54) is 6.20 Å². The highest BCUT2D eigenvalue weighted by Gasteiger charge is 2.53. The number of hydrogen-bond donors (Lipinski definition) is 4. The summed E-state index contributed by atoms with van der Waals surface area (Å²) in [5.41, 5.74) is 13.3. The van der Waals surface area contributed by atoms with E-state index in [0.29, 0.717) is 23.2 Å². The number of nitrogens with two attached hydrogens (primary N) is 2. The number of carboxylic acids is 1. The molecule has 25 heavy (non-hydrogen) atoms. The van der Waals surface area contributed by atoms with Crippen LogP contribution in [0.3, 0.4) is 0 Å². The molecule has 1 aliphatic heterocycles. The minimum atomic E-state index is -1.39. The Hall–Kier alpha value is -2.55. The van der Waals surface area contributed by atoms with Gasteiger partial charge in [-0.05, 0) is 25.8 Å². The molecule has 1 aliphatic rings. The van der Waals surface area contributed by atoms with Crippen LogP contribution >= 0.6 is 0 Å². The van der Waals surface area contributed by atoms with E-state index < -0.39 is 28.5 Å². The van der Waals surface area contributed by atoms with Crippen molar-refractivity contribution in [2.24, 2.45) is 11.5 Å². The van der Waals surface area contributed by atoms with Crippen LogP contribution in [0.5, 0.6) is 0 Å². The van der Waals surface area contributed by atoms with Crippen molar-refractivity contribution in [3.63, 3.8) is 0 Å². The van der Waals surface area contributed by atoms with E-state index in [9.17, 15) is 19.5 Å². The Bertz CT molecular complexity index is 744. The van der Waals surface area contributed by atoms with Gasteiger partial charge in [0.1, 0.15) is 12.2 Å². The van der Waals surface area contributed by atoms with Crippen LogP contribution in [0, 0.1) is 0 Å². The van der Waals surface area contributed by atoms with E-state index in [-0.39, 0.29) is 18.9 Å². The van der Waals surface area contributed by atoms with Gasteiger partial charge in [-0.25, -0.2) is 4.79 Å². The number of amides is 2. The standard InChI is InChI=1S/C17H21N3O5/c1-10(18)8-11-9-20(17(24)25,14-5-3-2-4-12(11)14)16(23)13(19)6-7-15(21)22/h2-5,9-10,13H,6-8,18-19H2,1H3,(H-,21,22,24,25)/p+1/t10-,13+,20?/m1/s1. The SMILES string of the molecule is C[C@@H](N)CC1=C[N+](C(=O)O)(C(=O)[C@@H](N)CCC(=O)O)c2ccccc21. The Labute approximate surface area is 144 Å². The lowest BCUT2D eigenvalue weighted by molar-refractivity contribution is -0.137. The lowest BCUT2D eigenvalue weighted by Gasteiger charge is -2.25. The van der Waals surface area contributed by atoms with Crippen LogP contribution in [0.15, 0.2) is 30.5 Å². The second-order valence-corrected chi connectivity index (χ2v) is 6.24. The molecule has 8 nitrogen and oxygen atoms in total. The second-order valence-electron chi connectivity index (χ2n) is 6.24. The second kappa shape index (κ2) is 7.14. The first kappa shape index (κ1) is 18.8. The largest absolute Gasteiger partial charge is 0.531 e. The third kappa shape index (κ3) is 3.46. The summed E-state index contributed by atoms with van der Waals surface area (Å²) in [6, 6.07) is 5.27. The maximum atomic E-state index is 12.9. The van der Waals surface area contributed by atoms with Crippen molar-refractivity contribution in [1.82, 2.24) is 4.48 Å². The van der Waals surface area contributed by atoms with Crippen molar-refractivity contribution in [3.8, 4) is 0 Å². The summed E-state index contributed by atoms with van der Waals surface area (Å²) in [6.45, 7) is 1.79. The van der Waals surface area contributed by atoms with Crippen LogP contribution in [0.2, 0.25) is 0 Å². The van der Waals surface area contributed by atoms with Gasteiger partial charge in [0, 0.05) is 29.7 Å². The number of carbonyl (C=O) groups excluding carboxylic acids is 1. The Kier molecular flexibility index (Phi) is 5.36. The van der Waals surface area contributed by atoms with Crippen molar-refractivity contribution in [2.45, 2.75) is 38.3 Å². The number of carboxylic acid groups (broad SMARTS) is 2. The summed E-state index contributed by atoms with van der Waals surface area (Å²) in [4.78, 5) is 35.7. The molecule has 1 aromatic carbocycles. The maximum Gasteiger partial charge on any atom is 0.531 e. The smallest absolute Gasteiger partial charge is 0.481 e. The number of benzene rings is 1. The third-order valence-electron chi connectivity index (χ3n) is 4.16. The van der Waals surface area contributed by atoms with E-state index in [0.717, 1.165) is 0 Å². The summed E-state index contributed by atoms with van der Waals surface area (Å²) in [7, 11) is 0. The molecule has 0 aromatic heterocycles. The number of rotatable bonds is 6. The van der Waals surface area contributed by atoms with Crippen LogP contribution in [0.1, 0.15) is 31.7 Å². The molecule has 6 N–H and O–H groups in total. The molecule has 0 saturated heterocycles.